The Morgan fingerprint density at radius 3 is 2.68 bits per heavy atom. The second kappa shape index (κ2) is 6.97. The average Bonchev–Trinajstić information content (AvgIpc) is 2.58. The van der Waals surface area contributed by atoms with Gasteiger partial charge in [0.1, 0.15) is 0 Å². The molecule has 3 heteroatoms. The molecule has 1 aliphatic rings. The zero-order valence-electron chi connectivity index (χ0n) is 11.8. The van der Waals surface area contributed by atoms with Crippen LogP contribution in [0.4, 0.5) is 0 Å². The van der Waals surface area contributed by atoms with Crippen molar-refractivity contribution in [2.45, 2.75) is 58.0 Å². The van der Waals surface area contributed by atoms with Gasteiger partial charge in [-0.1, -0.05) is 61.5 Å². The van der Waals surface area contributed by atoms with E-state index in [0.29, 0.717) is 16.1 Å². The molecule has 19 heavy (non-hydrogen) atoms. The summed E-state index contributed by atoms with van der Waals surface area (Å²) in [6.45, 7) is 4.53. The minimum absolute atomic E-state index is 0.247. The summed E-state index contributed by atoms with van der Waals surface area (Å²) in [6, 6.07) is 6.71. The van der Waals surface area contributed by atoms with Crippen LogP contribution >= 0.6 is 23.2 Å². The topological polar surface area (TPSA) is 12.0 Å². The van der Waals surface area contributed by atoms with Crippen molar-refractivity contribution < 1.29 is 0 Å². The van der Waals surface area contributed by atoms with Gasteiger partial charge in [-0.2, -0.15) is 0 Å². The summed E-state index contributed by atoms with van der Waals surface area (Å²) < 4.78 is 0. The Kier molecular flexibility index (Phi) is 5.56. The molecule has 1 saturated carbocycles. The summed E-state index contributed by atoms with van der Waals surface area (Å²) >= 11 is 12.4. The van der Waals surface area contributed by atoms with Crippen molar-refractivity contribution in [3.63, 3.8) is 0 Å². The predicted octanol–water partition coefficient (Wildman–Crippen LogP) is 5.61. The molecule has 0 bridgehead atoms. The maximum Gasteiger partial charge on any atom is 0.0639 e. The van der Waals surface area contributed by atoms with Crippen LogP contribution in [-0.4, -0.2) is 6.04 Å². The van der Waals surface area contributed by atoms with Crippen molar-refractivity contribution in [2.24, 2.45) is 5.92 Å². The molecular formula is C16H23Cl2N. The van der Waals surface area contributed by atoms with E-state index in [1.54, 1.807) is 0 Å². The Labute approximate surface area is 126 Å². The lowest BCUT2D eigenvalue weighted by atomic mass is 9.95. The Hall–Kier alpha value is -0.240. The van der Waals surface area contributed by atoms with E-state index in [4.69, 9.17) is 23.2 Å². The number of hydrogen-bond acceptors (Lipinski definition) is 1. The zero-order valence-corrected chi connectivity index (χ0v) is 13.3. The molecule has 2 rings (SSSR count). The van der Waals surface area contributed by atoms with Crippen LogP contribution in [0.3, 0.4) is 0 Å². The first kappa shape index (κ1) is 15.2. The van der Waals surface area contributed by atoms with Gasteiger partial charge in [0, 0.05) is 12.1 Å². The van der Waals surface area contributed by atoms with Crippen molar-refractivity contribution in [1.82, 2.24) is 5.32 Å². The highest BCUT2D eigenvalue weighted by molar-refractivity contribution is 6.42. The maximum absolute atomic E-state index is 6.30. The summed E-state index contributed by atoms with van der Waals surface area (Å²) in [6.07, 6.45) is 6.66. The molecule has 0 radical (unpaired) electrons. The molecule has 0 amide bonds. The molecule has 1 aromatic rings. The fourth-order valence-electron chi connectivity index (χ4n) is 3.01. The fraction of sp³-hybridized carbons (Fsp3) is 0.625. The average molecular weight is 300 g/mol. The smallest absolute Gasteiger partial charge is 0.0639 e. The van der Waals surface area contributed by atoms with Crippen LogP contribution < -0.4 is 5.32 Å². The van der Waals surface area contributed by atoms with Crippen molar-refractivity contribution in [3.8, 4) is 0 Å². The van der Waals surface area contributed by atoms with Crippen LogP contribution in [0.25, 0.3) is 0 Å². The number of hydrogen-bond donors (Lipinski definition) is 1. The van der Waals surface area contributed by atoms with E-state index >= 15 is 0 Å². The van der Waals surface area contributed by atoms with Gasteiger partial charge in [-0.3, -0.25) is 0 Å². The third-order valence-electron chi connectivity index (χ3n) is 4.27. The second-order valence-corrected chi connectivity index (χ2v) is 6.54. The summed E-state index contributed by atoms with van der Waals surface area (Å²) in [5.74, 6) is 0.739. The van der Waals surface area contributed by atoms with Crippen molar-refractivity contribution >= 4 is 23.2 Å². The lowest BCUT2D eigenvalue weighted by Crippen LogP contribution is -2.36. The molecule has 0 spiro atoms. The lowest BCUT2D eigenvalue weighted by Gasteiger charge is -2.27. The normalized spacial score (nSPS) is 25.9. The fourth-order valence-corrected chi connectivity index (χ4v) is 3.48. The first-order valence-corrected chi connectivity index (χ1v) is 8.05. The largest absolute Gasteiger partial charge is 0.307 e. The van der Waals surface area contributed by atoms with Crippen LogP contribution in [0.1, 0.15) is 57.6 Å². The maximum atomic E-state index is 6.30. The predicted molar refractivity (Wildman–Crippen MR) is 84.0 cm³/mol. The standard InChI is InChI=1S/C16H23Cl2N/c1-11-7-4-3-5-10-15(11)19-12(2)13-8-6-9-14(17)16(13)18/h6,8-9,11-12,15,19H,3-5,7,10H2,1-2H3. The Balaban J connectivity index is 2.07. The summed E-state index contributed by atoms with van der Waals surface area (Å²) in [4.78, 5) is 0. The van der Waals surface area contributed by atoms with E-state index in [-0.39, 0.29) is 6.04 Å². The Morgan fingerprint density at radius 2 is 1.89 bits per heavy atom. The van der Waals surface area contributed by atoms with Crippen LogP contribution in [0.5, 0.6) is 0 Å². The lowest BCUT2D eigenvalue weighted by molar-refractivity contribution is 0.330. The van der Waals surface area contributed by atoms with Gasteiger partial charge in [0.25, 0.3) is 0 Å². The minimum atomic E-state index is 0.247. The first-order valence-electron chi connectivity index (χ1n) is 7.29. The van der Waals surface area contributed by atoms with Gasteiger partial charge in [-0.25, -0.2) is 0 Å². The number of nitrogens with one attached hydrogen (secondary N) is 1. The van der Waals surface area contributed by atoms with Crippen molar-refractivity contribution in [3.05, 3.63) is 33.8 Å². The molecule has 1 aliphatic carbocycles. The van der Waals surface area contributed by atoms with E-state index in [1.807, 2.05) is 12.1 Å². The van der Waals surface area contributed by atoms with Gasteiger partial charge < -0.3 is 5.32 Å². The third-order valence-corrected chi connectivity index (χ3v) is 5.11. The molecule has 0 aromatic heterocycles. The molecule has 1 N–H and O–H groups in total. The van der Waals surface area contributed by atoms with Gasteiger partial charge in [0.05, 0.1) is 10.0 Å². The molecule has 106 valence electrons. The highest BCUT2D eigenvalue weighted by Gasteiger charge is 2.22. The van der Waals surface area contributed by atoms with Crippen LogP contribution in [-0.2, 0) is 0 Å². The highest BCUT2D eigenvalue weighted by atomic mass is 35.5. The SMILES string of the molecule is CC(NC1CCCCCC1C)c1cccc(Cl)c1Cl. The van der Waals surface area contributed by atoms with Gasteiger partial charge in [0.2, 0.25) is 0 Å². The monoisotopic (exact) mass is 299 g/mol. The van der Waals surface area contributed by atoms with Crippen molar-refractivity contribution in [1.29, 1.82) is 0 Å². The van der Waals surface area contributed by atoms with Gasteiger partial charge >= 0.3 is 0 Å². The van der Waals surface area contributed by atoms with E-state index in [1.165, 1.54) is 32.1 Å². The van der Waals surface area contributed by atoms with E-state index < -0.39 is 0 Å². The number of halogens is 2. The molecule has 0 heterocycles. The number of benzene rings is 1. The van der Waals surface area contributed by atoms with E-state index in [2.05, 4.69) is 25.2 Å². The van der Waals surface area contributed by atoms with E-state index in [9.17, 15) is 0 Å². The van der Waals surface area contributed by atoms with Crippen LogP contribution in [0.15, 0.2) is 18.2 Å². The quantitative estimate of drug-likeness (QED) is 0.715. The molecule has 1 aromatic carbocycles. The highest BCUT2D eigenvalue weighted by Crippen LogP contribution is 2.31. The molecule has 0 saturated heterocycles. The summed E-state index contributed by atoms with van der Waals surface area (Å²) in [5, 5.41) is 5.08. The Bertz CT molecular complexity index is 419. The molecule has 3 unspecified atom stereocenters. The zero-order chi connectivity index (χ0) is 13.8. The van der Waals surface area contributed by atoms with Gasteiger partial charge in [0.15, 0.2) is 0 Å². The van der Waals surface area contributed by atoms with Crippen molar-refractivity contribution in [2.75, 3.05) is 0 Å². The molecule has 3 atom stereocenters. The summed E-state index contributed by atoms with van der Waals surface area (Å²) in [5.41, 5.74) is 1.10. The first-order chi connectivity index (χ1) is 9.09. The summed E-state index contributed by atoms with van der Waals surface area (Å²) in [7, 11) is 0. The Morgan fingerprint density at radius 1 is 1.16 bits per heavy atom. The number of rotatable bonds is 3. The third kappa shape index (κ3) is 3.87. The minimum Gasteiger partial charge on any atom is -0.307 e. The molecule has 0 aliphatic heterocycles. The van der Waals surface area contributed by atoms with Gasteiger partial charge in [-0.15, -0.1) is 0 Å². The van der Waals surface area contributed by atoms with E-state index in [0.717, 1.165) is 11.5 Å². The second-order valence-electron chi connectivity index (χ2n) is 5.75. The van der Waals surface area contributed by atoms with Crippen LogP contribution in [0, 0.1) is 5.92 Å². The molecular weight excluding hydrogens is 277 g/mol. The molecule has 1 fully saturated rings. The van der Waals surface area contributed by atoms with Gasteiger partial charge in [-0.05, 0) is 37.3 Å². The van der Waals surface area contributed by atoms with Crippen LogP contribution in [0.2, 0.25) is 10.0 Å². The molecule has 1 nitrogen and oxygen atoms in total.